The van der Waals surface area contributed by atoms with Crippen LogP contribution >= 0.6 is 0 Å². The van der Waals surface area contributed by atoms with Gasteiger partial charge in [-0.25, -0.2) is 0 Å². The predicted octanol–water partition coefficient (Wildman–Crippen LogP) is -0.0174. The lowest BCUT2D eigenvalue weighted by atomic mass is 9.97. The number of rotatable bonds is 8. The summed E-state index contributed by atoms with van der Waals surface area (Å²) in [6.07, 6.45) is 10.8. The summed E-state index contributed by atoms with van der Waals surface area (Å²) in [4.78, 5) is 27.0. The number of hydrogen-bond donors (Lipinski definition) is 2. The highest BCUT2D eigenvalue weighted by Gasteiger charge is 2.18. The van der Waals surface area contributed by atoms with Crippen molar-refractivity contribution in [2.24, 2.45) is 0 Å². The second kappa shape index (κ2) is 9.05. The van der Waals surface area contributed by atoms with Gasteiger partial charge in [-0.2, -0.15) is 0 Å². The molecule has 1 heterocycles. The second-order valence-corrected chi connectivity index (χ2v) is 5.80. The first kappa shape index (κ1) is 17.1. The second-order valence-electron chi connectivity index (χ2n) is 5.80. The van der Waals surface area contributed by atoms with Crippen molar-refractivity contribution in [3.05, 3.63) is 36.2 Å². The first-order chi connectivity index (χ1) is 11.1. The Morgan fingerprint density at radius 2 is 2.26 bits per heavy atom. The Kier molecular flexibility index (Phi) is 6.75. The van der Waals surface area contributed by atoms with Crippen LogP contribution in [0.25, 0.3) is 0 Å². The van der Waals surface area contributed by atoms with Crippen LogP contribution in [0, 0.1) is 0 Å². The maximum Gasteiger partial charge on any atom is 0.230 e. The average molecular weight is 317 g/mol. The molecule has 3 N–H and O–H groups in total. The average Bonchev–Trinajstić information content (AvgIpc) is 2.55. The highest BCUT2D eigenvalue weighted by atomic mass is 16.4. The molecule has 0 saturated heterocycles. The molecule has 1 aromatic rings. The quantitative estimate of drug-likeness (QED) is 0.658. The lowest BCUT2D eigenvalue weighted by molar-refractivity contribution is -0.682. The van der Waals surface area contributed by atoms with Gasteiger partial charge >= 0.3 is 0 Å². The van der Waals surface area contributed by atoms with Crippen LogP contribution in [0.4, 0.5) is 5.69 Å². The van der Waals surface area contributed by atoms with Gasteiger partial charge in [-0.05, 0) is 37.8 Å². The number of carbonyl (C=O) groups excluding carboxylic acids is 2. The summed E-state index contributed by atoms with van der Waals surface area (Å²) in [6.45, 7) is 0.657. The van der Waals surface area contributed by atoms with Gasteiger partial charge in [0.2, 0.25) is 5.91 Å². The number of amides is 1. The summed E-state index contributed by atoms with van der Waals surface area (Å²) in [5.74, 6) is -1.55. The monoisotopic (exact) mass is 317 g/mol. The van der Waals surface area contributed by atoms with Crippen molar-refractivity contribution >= 4 is 17.6 Å². The molecule has 2 rings (SSSR count). The summed E-state index contributed by atoms with van der Waals surface area (Å²) < 4.78 is 0. The number of carboxylic acids is 1. The van der Waals surface area contributed by atoms with Crippen LogP contribution in [0.15, 0.2) is 36.2 Å². The molecule has 0 spiro atoms. The Bertz CT molecular complexity index is 557. The zero-order valence-corrected chi connectivity index (χ0v) is 13.2. The van der Waals surface area contributed by atoms with Crippen molar-refractivity contribution in [3.8, 4) is 0 Å². The topological polar surface area (TPSA) is 98.7 Å². The highest BCUT2D eigenvalue weighted by Crippen LogP contribution is 2.18. The Balaban J connectivity index is 1.77. The maximum atomic E-state index is 11.9. The summed E-state index contributed by atoms with van der Waals surface area (Å²) in [7, 11) is 0. The number of carbonyl (C=O) groups is 2. The van der Waals surface area contributed by atoms with Gasteiger partial charge in [0, 0.05) is 12.6 Å². The Labute approximate surface area is 136 Å². The number of nitrogens with one attached hydrogen (secondary N) is 1. The molecule has 23 heavy (non-hydrogen) atoms. The van der Waals surface area contributed by atoms with Gasteiger partial charge in [-0.3, -0.25) is 9.78 Å². The molecule has 1 aliphatic rings. The molecule has 1 aromatic heterocycles. The third kappa shape index (κ3) is 6.20. The molecular formula is C17H23N3O3. The molecule has 0 bridgehead atoms. The van der Waals surface area contributed by atoms with Gasteiger partial charge in [-0.15, -0.1) is 0 Å². The van der Waals surface area contributed by atoms with Crippen molar-refractivity contribution in [1.29, 1.82) is 0 Å². The Hall–Kier alpha value is -2.21. The molecular weight excluding hydrogens is 294 g/mol. The molecule has 124 valence electrons. The lowest BCUT2D eigenvalue weighted by Gasteiger charge is -2.17. The fraction of sp³-hybridized carbons (Fsp3) is 0.471. The van der Waals surface area contributed by atoms with E-state index in [1.54, 1.807) is 23.6 Å². The van der Waals surface area contributed by atoms with Crippen molar-refractivity contribution in [2.75, 3.05) is 11.9 Å². The normalized spacial score (nSPS) is 15.6. The fourth-order valence-corrected chi connectivity index (χ4v) is 2.71. The Morgan fingerprint density at radius 1 is 1.39 bits per heavy atom. The number of hydrogen-bond acceptors (Lipinski definition) is 4. The molecule has 6 heteroatoms. The first-order valence-corrected chi connectivity index (χ1v) is 8.07. The number of aliphatic carboxylic acids is 1. The van der Waals surface area contributed by atoms with Crippen LogP contribution in [-0.2, 0) is 9.59 Å². The van der Waals surface area contributed by atoms with E-state index in [4.69, 9.17) is 0 Å². The number of allylic oxidation sites excluding steroid dienone is 1. The molecule has 0 aliphatic heterocycles. The van der Waals surface area contributed by atoms with Gasteiger partial charge in [0.25, 0.3) is 0 Å². The van der Waals surface area contributed by atoms with E-state index in [2.05, 4.69) is 16.4 Å². The third-order valence-corrected chi connectivity index (χ3v) is 3.96. The lowest BCUT2D eigenvalue weighted by Crippen LogP contribution is -2.93. The van der Waals surface area contributed by atoms with Crippen molar-refractivity contribution in [2.45, 2.75) is 44.6 Å². The van der Waals surface area contributed by atoms with E-state index in [1.165, 1.54) is 24.6 Å². The number of quaternary nitrogens is 1. The predicted molar refractivity (Wildman–Crippen MR) is 84.2 cm³/mol. The molecule has 0 radical (unpaired) electrons. The SMILES string of the molecule is O=C(C[C@@H]([NH2+]CCC1=CCCCC1)C(=O)[O-])Nc1cccnc1. The van der Waals surface area contributed by atoms with E-state index in [-0.39, 0.29) is 12.3 Å². The van der Waals surface area contributed by atoms with Gasteiger partial charge in [0.05, 0.1) is 30.8 Å². The number of anilines is 1. The summed E-state index contributed by atoms with van der Waals surface area (Å²) in [5.41, 5.74) is 1.95. The first-order valence-electron chi connectivity index (χ1n) is 8.07. The minimum absolute atomic E-state index is 0.115. The van der Waals surface area contributed by atoms with Gasteiger partial charge in [0.15, 0.2) is 0 Å². The van der Waals surface area contributed by atoms with E-state index >= 15 is 0 Å². The molecule has 0 fully saturated rings. The van der Waals surface area contributed by atoms with Crippen molar-refractivity contribution in [1.82, 2.24) is 4.98 Å². The van der Waals surface area contributed by atoms with E-state index in [0.717, 1.165) is 19.3 Å². The van der Waals surface area contributed by atoms with E-state index in [9.17, 15) is 14.7 Å². The summed E-state index contributed by atoms with van der Waals surface area (Å²) >= 11 is 0. The molecule has 0 aromatic carbocycles. The van der Waals surface area contributed by atoms with Crippen LogP contribution in [-0.4, -0.2) is 29.4 Å². The van der Waals surface area contributed by atoms with Crippen LogP contribution in [0.5, 0.6) is 0 Å². The fourth-order valence-electron chi connectivity index (χ4n) is 2.71. The molecule has 0 saturated carbocycles. The maximum absolute atomic E-state index is 11.9. The van der Waals surface area contributed by atoms with Crippen molar-refractivity contribution in [3.63, 3.8) is 0 Å². The zero-order valence-electron chi connectivity index (χ0n) is 13.2. The highest BCUT2D eigenvalue weighted by molar-refractivity contribution is 5.93. The van der Waals surface area contributed by atoms with E-state index in [0.29, 0.717) is 12.2 Å². The Morgan fingerprint density at radius 3 is 2.91 bits per heavy atom. The minimum Gasteiger partial charge on any atom is -0.544 e. The van der Waals surface area contributed by atoms with Gasteiger partial charge in [-0.1, -0.05) is 11.6 Å². The summed E-state index contributed by atoms with van der Waals surface area (Å²) in [6, 6.07) is 2.55. The number of nitrogens with two attached hydrogens (primary N) is 1. The minimum atomic E-state index is -1.20. The molecule has 1 aliphatic carbocycles. The number of carboxylic acid groups (broad SMARTS) is 1. The molecule has 6 nitrogen and oxygen atoms in total. The standard InChI is InChI=1S/C17H23N3O3/c21-16(20-14-7-4-9-18-12-14)11-15(17(22)23)19-10-8-13-5-2-1-3-6-13/h4-5,7,9,12,15,19H,1-3,6,8,10-11H2,(H,20,21)(H,22,23)/t15-/m1/s1. The number of aromatic nitrogens is 1. The van der Waals surface area contributed by atoms with Crippen LogP contribution in [0.1, 0.15) is 38.5 Å². The van der Waals surface area contributed by atoms with Gasteiger partial charge < -0.3 is 20.5 Å². The molecule has 1 atom stereocenters. The van der Waals surface area contributed by atoms with Crippen LogP contribution in [0.2, 0.25) is 0 Å². The smallest absolute Gasteiger partial charge is 0.230 e. The van der Waals surface area contributed by atoms with Gasteiger partial charge in [0.1, 0.15) is 6.04 Å². The van der Waals surface area contributed by atoms with Crippen molar-refractivity contribution < 1.29 is 20.0 Å². The summed E-state index contributed by atoms with van der Waals surface area (Å²) in [5, 5.41) is 15.6. The largest absolute Gasteiger partial charge is 0.544 e. The number of nitrogens with zero attached hydrogens (tertiary/aromatic N) is 1. The molecule has 0 unspecified atom stereocenters. The zero-order chi connectivity index (χ0) is 16.5. The van der Waals surface area contributed by atoms with Crippen LogP contribution in [0.3, 0.4) is 0 Å². The third-order valence-electron chi connectivity index (χ3n) is 3.96. The van der Waals surface area contributed by atoms with E-state index < -0.39 is 12.0 Å². The van der Waals surface area contributed by atoms with E-state index in [1.807, 2.05) is 0 Å². The molecule has 1 amide bonds. The van der Waals surface area contributed by atoms with Crippen LogP contribution < -0.4 is 15.7 Å². The number of pyridine rings is 1.